The van der Waals surface area contributed by atoms with Crippen LogP contribution >= 0.6 is 0 Å². The van der Waals surface area contributed by atoms with Crippen molar-refractivity contribution in [3.8, 4) is 0 Å². The van der Waals surface area contributed by atoms with Crippen molar-refractivity contribution in [2.45, 2.75) is 31.4 Å². The lowest BCUT2D eigenvalue weighted by Gasteiger charge is -2.13. The van der Waals surface area contributed by atoms with Gasteiger partial charge in [-0.2, -0.15) is 0 Å². The van der Waals surface area contributed by atoms with Gasteiger partial charge in [-0.25, -0.2) is 9.78 Å². The van der Waals surface area contributed by atoms with Gasteiger partial charge >= 0.3 is 5.97 Å². The summed E-state index contributed by atoms with van der Waals surface area (Å²) in [5.41, 5.74) is 1.46. The lowest BCUT2D eigenvalue weighted by molar-refractivity contribution is 0.0539. The van der Waals surface area contributed by atoms with E-state index in [2.05, 4.69) is 4.98 Å². The first kappa shape index (κ1) is 14.0. The average Bonchev–Trinajstić information content (AvgIpc) is 3.22. The van der Waals surface area contributed by atoms with E-state index in [9.17, 15) is 15.0 Å². The van der Waals surface area contributed by atoms with Crippen LogP contribution < -0.4 is 0 Å². The average molecular weight is 290 g/mol. The summed E-state index contributed by atoms with van der Waals surface area (Å²) in [6.45, 7) is 0.599. The first-order chi connectivity index (χ1) is 10.1. The number of methoxy groups -OCH3 is 1. The Labute approximate surface area is 122 Å². The van der Waals surface area contributed by atoms with Gasteiger partial charge in [0.15, 0.2) is 0 Å². The van der Waals surface area contributed by atoms with Crippen molar-refractivity contribution in [2.24, 2.45) is 0 Å². The molecule has 0 aliphatic heterocycles. The van der Waals surface area contributed by atoms with Gasteiger partial charge in [0, 0.05) is 13.0 Å². The van der Waals surface area contributed by atoms with Gasteiger partial charge in [0.2, 0.25) is 0 Å². The minimum absolute atomic E-state index is 0.203. The highest BCUT2D eigenvalue weighted by molar-refractivity contribution is 6.01. The number of benzene rings is 1. The van der Waals surface area contributed by atoms with E-state index in [1.807, 2.05) is 10.6 Å². The van der Waals surface area contributed by atoms with Crippen molar-refractivity contribution in [1.29, 1.82) is 0 Å². The Morgan fingerprint density at radius 1 is 1.52 bits per heavy atom. The predicted molar refractivity (Wildman–Crippen MR) is 76.6 cm³/mol. The van der Waals surface area contributed by atoms with Crippen LogP contribution in [-0.2, 0) is 11.3 Å². The first-order valence-electron chi connectivity index (χ1n) is 7.01. The molecule has 1 aromatic heterocycles. The van der Waals surface area contributed by atoms with E-state index in [4.69, 9.17) is 4.74 Å². The molecule has 6 heteroatoms. The van der Waals surface area contributed by atoms with Crippen LogP contribution in [0.15, 0.2) is 18.2 Å². The molecule has 1 heterocycles. The number of para-hydroxylation sites is 1. The second-order valence-electron chi connectivity index (χ2n) is 5.44. The van der Waals surface area contributed by atoms with Crippen molar-refractivity contribution in [3.05, 3.63) is 29.6 Å². The van der Waals surface area contributed by atoms with E-state index in [0.29, 0.717) is 18.0 Å². The van der Waals surface area contributed by atoms with Gasteiger partial charge in [-0.3, -0.25) is 0 Å². The highest BCUT2D eigenvalue weighted by Crippen LogP contribution is 2.41. The molecule has 0 saturated heterocycles. The Kier molecular flexibility index (Phi) is 3.65. The van der Waals surface area contributed by atoms with E-state index >= 15 is 0 Å². The number of imidazole rings is 1. The summed E-state index contributed by atoms with van der Waals surface area (Å²) >= 11 is 0. The maximum atomic E-state index is 11.3. The maximum Gasteiger partial charge on any atom is 0.337 e. The van der Waals surface area contributed by atoms with Crippen molar-refractivity contribution in [2.75, 3.05) is 13.7 Å². The molecule has 3 rings (SSSR count). The van der Waals surface area contributed by atoms with E-state index in [0.717, 1.165) is 24.2 Å². The topological polar surface area (TPSA) is 84.6 Å². The molecule has 21 heavy (non-hydrogen) atoms. The smallest absolute Gasteiger partial charge is 0.337 e. The Balaban J connectivity index is 2.09. The summed E-state index contributed by atoms with van der Waals surface area (Å²) in [5.74, 6) is 0.257. The summed E-state index contributed by atoms with van der Waals surface area (Å²) in [5, 5.41) is 19.3. The molecule has 1 atom stereocenters. The van der Waals surface area contributed by atoms with Gasteiger partial charge < -0.3 is 19.5 Å². The van der Waals surface area contributed by atoms with Crippen LogP contribution in [0.1, 0.15) is 34.9 Å². The monoisotopic (exact) mass is 290 g/mol. The molecule has 0 bridgehead atoms. The van der Waals surface area contributed by atoms with Crippen LogP contribution in [0.4, 0.5) is 0 Å². The molecule has 0 spiro atoms. The molecule has 1 aliphatic rings. The van der Waals surface area contributed by atoms with Crippen molar-refractivity contribution < 1.29 is 19.7 Å². The second-order valence-corrected chi connectivity index (χ2v) is 5.44. The number of rotatable bonds is 6. The molecular formula is C15H18N2O4. The van der Waals surface area contributed by atoms with Crippen LogP contribution in [-0.4, -0.2) is 45.6 Å². The fourth-order valence-corrected chi connectivity index (χ4v) is 2.64. The fraction of sp³-hybridized carbons (Fsp3) is 0.467. The SMILES string of the molecule is COCC(O)Cn1c(C2CC2)nc2c(C(=O)O)cccc21. The number of ether oxygens (including phenoxy) is 1. The van der Waals surface area contributed by atoms with Crippen molar-refractivity contribution in [3.63, 3.8) is 0 Å². The number of carboxylic acid groups (broad SMARTS) is 1. The van der Waals surface area contributed by atoms with Gasteiger partial charge in [0.25, 0.3) is 0 Å². The minimum atomic E-state index is -0.981. The maximum absolute atomic E-state index is 11.3. The Bertz CT molecular complexity index is 676. The molecule has 1 fully saturated rings. The third-order valence-corrected chi connectivity index (χ3v) is 3.73. The minimum Gasteiger partial charge on any atom is -0.478 e. The highest BCUT2D eigenvalue weighted by atomic mass is 16.5. The molecular weight excluding hydrogens is 272 g/mol. The molecule has 1 aliphatic carbocycles. The molecule has 112 valence electrons. The number of nitrogens with zero attached hydrogens (tertiary/aromatic N) is 2. The molecule has 0 radical (unpaired) electrons. The van der Waals surface area contributed by atoms with Gasteiger partial charge in [0.1, 0.15) is 11.3 Å². The molecule has 1 unspecified atom stereocenters. The van der Waals surface area contributed by atoms with E-state index in [-0.39, 0.29) is 12.2 Å². The van der Waals surface area contributed by atoms with E-state index in [1.54, 1.807) is 19.2 Å². The third-order valence-electron chi connectivity index (χ3n) is 3.73. The number of aromatic carboxylic acids is 1. The molecule has 6 nitrogen and oxygen atoms in total. The number of hydrogen-bond donors (Lipinski definition) is 2. The summed E-state index contributed by atoms with van der Waals surface area (Å²) in [4.78, 5) is 15.9. The van der Waals surface area contributed by atoms with Crippen molar-refractivity contribution in [1.82, 2.24) is 9.55 Å². The number of hydrogen-bond acceptors (Lipinski definition) is 4. The summed E-state index contributed by atoms with van der Waals surface area (Å²) < 4.78 is 6.90. The lowest BCUT2D eigenvalue weighted by atomic mass is 10.2. The van der Waals surface area contributed by atoms with E-state index in [1.165, 1.54) is 0 Å². The quantitative estimate of drug-likeness (QED) is 0.844. The van der Waals surface area contributed by atoms with Crippen LogP contribution in [0.25, 0.3) is 11.0 Å². The Hall–Kier alpha value is -1.92. The van der Waals surface area contributed by atoms with Crippen molar-refractivity contribution >= 4 is 17.0 Å². The number of aliphatic hydroxyl groups is 1. The zero-order chi connectivity index (χ0) is 15.0. The molecule has 2 N–H and O–H groups in total. The zero-order valence-corrected chi connectivity index (χ0v) is 11.8. The van der Waals surface area contributed by atoms with Crippen LogP contribution in [0.5, 0.6) is 0 Å². The predicted octanol–water partition coefficient (Wildman–Crippen LogP) is 1.62. The molecule has 2 aromatic rings. The fourth-order valence-electron chi connectivity index (χ4n) is 2.64. The van der Waals surface area contributed by atoms with Gasteiger partial charge in [0.05, 0.1) is 30.3 Å². The largest absolute Gasteiger partial charge is 0.478 e. The zero-order valence-electron chi connectivity index (χ0n) is 11.8. The van der Waals surface area contributed by atoms with Gasteiger partial charge in [-0.05, 0) is 25.0 Å². The highest BCUT2D eigenvalue weighted by Gasteiger charge is 2.31. The number of carboxylic acids is 1. The number of aromatic nitrogens is 2. The summed E-state index contributed by atoms with van der Waals surface area (Å²) in [7, 11) is 1.54. The molecule has 1 aromatic carbocycles. The molecule has 0 amide bonds. The normalized spacial score (nSPS) is 16.3. The lowest BCUT2D eigenvalue weighted by Crippen LogP contribution is -2.22. The van der Waals surface area contributed by atoms with Gasteiger partial charge in [-0.15, -0.1) is 0 Å². The second kappa shape index (κ2) is 5.46. The summed E-state index contributed by atoms with van der Waals surface area (Å²) in [6.07, 6.45) is 1.48. The number of fused-ring (bicyclic) bond motifs is 1. The number of carbonyl (C=O) groups is 1. The van der Waals surface area contributed by atoms with Gasteiger partial charge in [-0.1, -0.05) is 6.07 Å². The Morgan fingerprint density at radius 2 is 2.29 bits per heavy atom. The Morgan fingerprint density at radius 3 is 2.90 bits per heavy atom. The summed E-state index contributed by atoms with van der Waals surface area (Å²) in [6, 6.07) is 5.12. The number of aliphatic hydroxyl groups excluding tert-OH is 1. The standard InChI is InChI=1S/C15H18N2O4/c1-21-8-10(18)7-17-12-4-2-3-11(15(19)20)13(12)16-14(17)9-5-6-9/h2-4,9-10,18H,5-8H2,1H3,(H,19,20). The van der Waals surface area contributed by atoms with Crippen LogP contribution in [0.3, 0.4) is 0 Å². The van der Waals surface area contributed by atoms with Crippen LogP contribution in [0.2, 0.25) is 0 Å². The molecule has 1 saturated carbocycles. The third kappa shape index (κ3) is 2.64. The van der Waals surface area contributed by atoms with Crippen LogP contribution in [0, 0.1) is 0 Å². The first-order valence-corrected chi connectivity index (χ1v) is 7.01. The van der Waals surface area contributed by atoms with E-state index < -0.39 is 12.1 Å².